The van der Waals surface area contributed by atoms with Crippen LogP contribution in [-0.2, 0) is 0 Å². The molecule has 0 amide bonds. The van der Waals surface area contributed by atoms with Gasteiger partial charge in [-0.05, 0) is 37.4 Å². The fourth-order valence-corrected chi connectivity index (χ4v) is 1.92. The van der Waals surface area contributed by atoms with Gasteiger partial charge in [-0.25, -0.2) is 0 Å². The Morgan fingerprint density at radius 2 is 1.80 bits per heavy atom. The molecule has 104 valence electrons. The van der Waals surface area contributed by atoms with Gasteiger partial charge in [-0.2, -0.15) is 0 Å². The quantitative estimate of drug-likeness (QED) is 0.755. The molecule has 0 aliphatic carbocycles. The Labute approximate surface area is 119 Å². The zero-order chi connectivity index (χ0) is 14.4. The highest BCUT2D eigenvalue weighted by Crippen LogP contribution is 2.25. The average Bonchev–Trinajstić information content (AvgIpc) is 2.48. The maximum atomic E-state index is 11.2. The van der Waals surface area contributed by atoms with Crippen LogP contribution in [0.1, 0.15) is 10.4 Å². The van der Waals surface area contributed by atoms with E-state index in [1.807, 2.05) is 67.5 Å². The van der Waals surface area contributed by atoms with E-state index in [1.165, 1.54) is 0 Å². The predicted octanol–water partition coefficient (Wildman–Crippen LogP) is 3.11. The van der Waals surface area contributed by atoms with Gasteiger partial charge in [0, 0.05) is 6.54 Å². The molecule has 2 aromatic rings. The third-order valence-corrected chi connectivity index (χ3v) is 3.04. The molecule has 0 fully saturated rings. The number of carbonyl (C=O) groups is 1. The number of hydrogen-bond donors (Lipinski definition) is 0. The summed E-state index contributed by atoms with van der Waals surface area (Å²) in [6, 6.07) is 15.7. The highest BCUT2D eigenvalue weighted by Gasteiger charge is 2.06. The van der Waals surface area contributed by atoms with Crippen LogP contribution < -0.4 is 4.74 Å². The summed E-state index contributed by atoms with van der Waals surface area (Å²) in [6.45, 7) is 1.39. The van der Waals surface area contributed by atoms with Crippen molar-refractivity contribution in [3.63, 3.8) is 0 Å². The molecule has 0 radical (unpaired) electrons. The van der Waals surface area contributed by atoms with Crippen molar-refractivity contribution in [1.82, 2.24) is 4.90 Å². The first-order chi connectivity index (χ1) is 9.70. The lowest BCUT2D eigenvalue weighted by Crippen LogP contribution is -2.19. The Balaban J connectivity index is 2.18. The minimum absolute atomic E-state index is 0.568. The molecule has 0 aliphatic rings. The van der Waals surface area contributed by atoms with E-state index in [0.29, 0.717) is 17.9 Å². The van der Waals surface area contributed by atoms with Crippen molar-refractivity contribution < 1.29 is 9.53 Å². The molecule has 3 heteroatoms. The van der Waals surface area contributed by atoms with Gasteiger partial charge in [-0.15, -0.1) is 0 Å². The molecule has 0 saturated carbocycles. The van der Waals surface area contributed by atoms with Crippen molar-refractivity contribution in [3.8, 4) is 16.9 Å². The minimum Gasteiger partial charge on any atom is -0.492 e. The van der Waals surface area contributed by atoms with Crippen LogP contribution in [0.4, 0.5) is 0 Å². The van der Waals surface area contributed by atoms with E-state index >= 15 is 0 Å². The van der Waals surface area contributed by atoms with Gasteiger partial charge in [0.25, 0.3) is 0 Å². The maximum absolute atomic E-state index is 11.2. The first kappa shape index (κ1) is 14.3. The van der Waals surface area contributed by atoms with Crippen LogP contribution >= 0.6 is 0 Å². The number of nitrogens with zero attached hydrogens (tertiary/aromatic N) is 1. The summed E-state index contributed by atoms with van der Waals surface area (Å²) in [5.74, 6) is 0.640. The van der Waals surface area contributed by atoms with Crippen molar-refractivity contribution >= 4 is 6.29 Å². The molecule has 0 atom stereocenters. The fraction of sp³-hybridized carbons (Fsp3) is 0.235. The molecule has 2 rings (SSSR count). The molecule has 2 aromatic carbocycles. The number of ether oxygens (including phenoxy) is 1. The highest BCUT2D eigenvalue weighted by atomic mass is 16.5. The van der Waals surface area contributed by atoms with E-state index in [0.717, 1.165) is 24.0 Å². The summed E-state index contributed by atoms with van der Waals surface area (Å²) in [4.78, 5) is 13.3. The monoisotopic (exact) mass is 269 g/mol. The topological polar surface area (TPSA) is 29.5 Å². The third kappa shape index (κ3) is 3.68. The maximum Gasteiger partial charge on any atom is 0.153 e. The second-order valence-electron chi connectivity index (χ2n) is 4.89. The zero-order valence-corrected chi connectivity index (χ0v) is 11.9. The summed E-state index contributed by atoms with van der Waals surface area (Å²) in [7, 11) is 3.98. The van der Waals surface area contributed by atoms with Crippen LogP contribution in [0, 0.1) is 0 Å². The molecule has 0 saturated heterocycles. The van der Waals surface area contributed by atoms with E-state index in [1.54, 1.807) is 0 Å². The van der Waals surface area contributed by atoms with Crippen molar-refractivity contribution in [3.05, 3.63) is 54.1 Å². The molecule has 0 aromatic heterocycles. The predicted molar refractivity (Wildman–Crippen MR) is 81.3 cm³/mol. The van der Waals surface area contributed by atoms with E-state index in [4.69, 9.17) is 4.74 Å². The van der Waals surface area contributed by atoms with Gasteiger partial charge in [0.15, 0.2) is 6.29 Å². The SMILES string of the molecule is CN(C)CCOc1ccc(-c2ccccc2)cc1C=O. The average molecular weight is 269 g/mol. The lowest BCUT2D eigenvalue weighted by Gasteiger charge is -2.13. The smallest absolute Gasteiger partial charge is 0.153 e. The van der Waals surface area contributed by atoms with E-state index in [2.05, 4.69) is 0 Å². The second-order valence-corrected chi connectivity index (χ2v) is 4.89. The number of aldehydes is 1. The van der Waals surface area contributed by atoms with Gasteiger partial charge in [-0.1, -0.05) is 36.4 Å². The van der Waals surface area contributed by atoms with Crippen LogP contribution in [0.2, 0.25) is 0 Å². The summed E-state index contributed by atoms with van der Waals surface area (Å²) in [5, 5.41) is 0. The molecule has 0 spiro atoms. The molecule has 0 aliphatic heterocycles. The van der Waals surface area contributed by atoms with Gasteiger partial charge in [0.2, 0.25) is 0 Å². The Hall–Kier alpha value is -2.13. The summed E-state index contributed by atoms with van der Waals surface area (Å²) < 4.78 is 5.66. The molecule has 20 heavy (non-hydrogen) atoms. The Bertz CT molecular complexity index is 564. The molecule has 0 unspecified atom stereocenters. The van der Waals surface area contributed by atoms with Gasteiger partial charge in [0.05, 0.1) is 5.56 Å². The minimum atomic E-state index is 0.568. The van der Waals surface area contributed by atoms with Crippen molar-refractivity contribution in [1.29, 1.82) is 0 Å². The normalized spacial score (nSPS) is 10.6. The number of benzene rings is 2. The summed E-state index contributed by atoms with van der Waals surface area (Å²) in [5.41, 5.74) is 2.70. The summed E-state index contributed by atoms with van der Waals surface area (Å²) in [6.07, 6.45) is 0.845. The van der Waals surface area contributed by atoms with E-state index < -0.39 is 0 Å². The Morgan fingerprint density at radius 3 is 2.45 bits per heavy atom. The Kier molecular flexibility index (Phi) is 4.91. The van der Waals surface area contributed by atoms with E-state index in [-0.39, 0.29) is 0 Å². The fourth-order valence-electron chi connectivity index (χ4n) is 1.92. The molecular formula is C17H19NO2. The molecule has 0 N–H and O–H groups in total. The largest absolute Gasteiger partial charge is 0.492 e. The zero-order valence-electron chi connectivity index (χ0n) is 11.9. The lowest BCUT2D eigenvalue weighted by molar-refractivity contribution is 0.111. The standard InChI is InChI=1S/C17H19NO2/c1-18(2)10-11-20-17-9-8-15(12-16(17)13-19)14-6-4-3-5-7-14/h3-9,12-13H,10-11H2,1-2H3. The van der Waals surface area contributed by atoms with Crippen LogP contribution in [0.3, 0.4) is 0 Å². The Morgan fingerprint density at radius 1 is 1.05 bits per heavy atom. The highest BCUT2D eigenvalue weighted by molar-refractivity contribution is 5.83. The number of likely N-dealkylation sites (N-methyl/N-ethyl adjacent to an activating group) is 1. The van der Waals surface area contributed by atoms with E-state index in [9.17, 15) is 4.79 Å². The van der Waals surface area contributed by atoms with Crippen LogP contribution in [-0.4, -0.2) is 38.4 Å². The first-order valence-electron chi connectivity index (χ1n) is 6.63. The molecule has 3 nitrogen and oxygen atoms in total. The van der Waals surface area contributed by atoms with Crippen LogP contribution in [0.25, 0.3) is 11.1 Å². The van der Waals surface area contributed by atoms with Crippen LogP contribution in [0.5, 0.6) is 5.75 Å². The van der Waals surface area contributed by atoms with Crippen LogP contribution in [0.15, 0.2) is 48.5 Å². The molecule has 0 heterocycles. The number of carbonyl (C=O) groups excluding carboxylic acids is 1. The number of rotatable bonds is 6. The van der Waals surface area contributed by atoms with Gasteiger partial charge in [0.1, 0.15) is 12.4 Å². The van der Waals surface area contributed by atoms with Crippen molar-refractivity contribution in [2.75, 3.05) is 27.2 Å². The second kappa shape index (κ2) is 6.87. The molecule has 0 bridgehead atoms. The van der Waals surface area contributed by atoms with Gasteiger partial charge >= 0.3 is 0 Å². The first-order valence-corrected chi connectivity index (χ1v) is 6.63. The van der Waals surface area contributed by atoms with Gasteiger partial charge in [-0.3, -0.25) is 4.79 Å². The summed E-state index contributed by atoms with van der Waals surface area (Å²) >= 11 is 0. The number of hydrogen-bond acceptors (Lipinski definition) is 3. The third-order valence-electron chi connectivity index (χ3n) is 3.04. The van der Waals surface area contributed by atoms with Crippen molar-refractivity contribution in [2.45, 2.75) is 0 Å². The van der Waals surface area contributed by atoms with Crippen molar-refractivity contribution in [2.24, 2.45) is 0 Å². The van der Waals surface area contributed by atoms with Gasteiger partial charge < -0.3 is 9.64 Å². The lowest BCUT2D eigenvalue weighted by atomic mass is 10.0. The molecular weight excluding hydrogens is 250 g/mol.